The van der Waals surface area contributed by atoms with E-state index < -0.39 is 0 Å². The van der Waals surface area contributed by atoms with E-state index in [0.717, 1.165) is 63.7 Å². The molecule has 8 heteroatoms. The number of hydrogen-bond acceptors (Lipinski definition) is 4. The summed E-state index contributed by atoms with van der Waals surface area (Å²) in [4.78, 5) is 4.84. The summed E-state index contributed by atoms with van der Waals surface area (Å²) in [7, 11) is 0. The van der Waals surface area contributed by atoms with Crippen LogP contribution in [-0.4, -0.2) is 52.6 Å². The summed E-state index contributed by atoms with van der Waals surface area (Å²) >= 11 is 0. The van der Waals surface area contributed by atoms with Crippen molar-refractivity contribution in [1.29, 1.82) is 0 Å². The van der Waals surface area contributed by atoms with Gasteiger partial charge in [0.05, 0.1) is 6.10 Å². The van der Waals surface area contributed by atoms with E-state index in [-0.39, 0.29) is 29.4 Å². The lowest BCUT2D eigenvalue weighted by atomic mass is 9.57. The largest absolute Gasteiger partial charge is 0.377 e. The van der Waals surface area contributed by atoms with Crippen molar-refractivity contribution in [2.24, 2.45) is 16.3 Å². The molecule has 164 valence electrons. The highest BCUT2D eigenvalue weighted by atomic mass is 127. The van der Waals surface area contributed by atoms with Gasteiger partial charge in [-0.05, 0) is 32.6 Å². The number of aromatic nitrogens is 3. The van der Waals surface area contributed by atoms with Gasteiger partial charge in [0.1, 0.15) is 11.6 Å². The quantitative estimate of drug-likeness (QED) is 0.263. The minimum Gasteiger partial charge on any atom is -0.377 e. The van der Waals surface area contributed by atoms with Crippen LogP contribution >= 0.6 is 24.0 Å². The van der Waals surface area contributed by atoms with E-state index >= 15 is 0 Å². The van der Waals surface area contributed by atoms with Crippen LogP contribution in [0.25, 0.3) is 0 Å². The van der Waals surface area contributed by atoms with E-state index in [2.05, 4.69) is 46.2 Å². The van der Waals surface area contributed by atoms with Gasteiger partial charge in [-0.25, -0.2) is 0 Å². The Hall–Kier alpha value is -0.900. The lowest BCUT2D eigenvalue weighted by Gasteiger charge is -2.54. The molecule has 1 aromatic heterocycles. The first-order valence-corrected chi connectivity index (χ1v) is 11.2. The summed E-state index contributed by atoms with van der Waals surface area (Å²) in [5, 5.41) is 16.0. The molecule has 0 aromatic carbocycles. The Morgan fingerprint density at radius 1 is 1.28 bits per heavy atom. The Balaban J connectivity index is 0.00000240. The molecular formula is C21H37IN6O. The number of aryl methyl sites for hydroxylation is 2. The number of fused-ring (bicyclic) bond motifs is 2. The zero-order valence-corrected chi connectivity index (χ0v) is 20.4. The molecule has 0 radical (unpaired) electrons. The monoisotopic (exact) mass is 516 g/mol. The normalized spacial score (nSPS) is 27.8. The molecule has 1 aromatic rings. The number of guanidine groups is 1. The van der Waals surface area contributed by atoms with Crippen LogP contribution in [0, 0.1) is 11.3 Å². The number of halogens is 1. The molecule has 3 heterocycles. The second-order valence-electron chi connectivity index (χ2n) is 9.05. The standard InChI is InChI=1S/C21H36N6O.HI/c1-4-22-20(24-18-15-11-14-28-19(15)21(18,2)3)23-12-8-10-17-26-25-16-9-6-5-7-13-27(16)17;/h15,18-19H,4-14H2,1-3H3,(H2,22,23,24);1H. The summed E-state index contributed by atoms with van der Waals surface area (Å²) in [5.74, 6) is 3.86. The van der Waals surface area contributed by atoms with Gasteiger partial charge in [0.25, 0.3) is 0 Å². The van der Waals surface area contributed by atoms with Crippen molar-refractivity contribution in [2.75, 3.05) is 19.7 Å². The van der Waals surface area contributed by atoms with Crippen molar-refractivity contribution in [3.63, 3.8) is 0 Å². The van der Waals surface area contributed by atoms with E-state index in [9.17, 15) is 0 Å². The zero-order valence-electron chi connectivity index (χ0n) is 18.1. The average molecular weight is 516 g/mol. The van der Waals surface area contributed by atoms with Gasteiger partial charge in [-0.3, -0.25) is 4.99 Å². The molecule has 4 rings (SSSR count). The van der Waals surface area contributed by atoms with Crippen molar-refractivity contribution in [2.45, 2.75) is 84.4 Å². The third-order valence-corrected chi connectivity index (χ3v) is 6.75. The van der Waals surface area contributed by atoms with E-state index in [4.69, 9.17) is 9.73 Å². The molecule has 0 bridgehead atoms. The molecule has 1 saturated carbocycles. The highest BCUT2D eigenvalue weighted by Gasteiger charge is 2.59. The third-order valence-electron chi connectivity index (χ3n) is 6.75. The van der Waals surface area contributed by atoms with Crippen LogP contribution in [-0.2, 0) is 24.1 Å². The number of nitrogens with one attached hydrogen (secondary N) is 2. The smallest absolute Gasteiger partial charge is 0.191 e. The fourth-order valence-electron chi connectivity index (χ4n) is 5.24. The van der Waals surface area contributed by atoms with Crippen LogP contribution in [0.15, 0.2) is 4.99 Å². The van der Waals surface area contributed by atoms with E-state index in [0.29, 0.717) is 18.1 Å². The maximum atomic E-state index is 5.92. The number of rotatable bonds is 6. The Kier molecular flexibility index (Phi) is 7.81. The van der Waals surface area contributed by atoms with Gasteiger partial charge in [-0.1, -0.05) is 20.3 Å². The highest BCUT2D eigenvalue weighted by molar-refractivity contribution is 14.0. The highest BCUT2D eigenvalue weighted by Crippen LogP contribution is 2.52. The van der Waals surface area contributed by atoms with E-state index in [1.54, 1.807) is 0 Å². The Morgan fingerprint density at radius 3 is 2.97 bits per heavy atom. The minimum absolute atomic E-state index is 0. The van der Waals surface area contributed by atoms with Crippen LogP contribution < -0.4 is 10.6 Å². The molecule has 3 unspecified atom stereocenters. The minimum atomic E-state index is 0. The number of aliphatic imine (C=N–C) groups is 1. The van der Waals surface area contributed by atoms with Gasteiger partial charge in [0.15, 0.2) is 5.96 Å². The predicted octanol–water partition coefficient (Wildman–Crippen LogP) is 2.92. The van der Waals surface area contributed by atoms with Crippen molar-refractivity contribution >= 4 is 29.9 Å². The number of nitrogens with zero attached hydrogens (tertiary/aromatic N) is 4. The van der Waals surface area contributed by atoms with Crippen LogP contribution in [0.3, 0.4) is 0 Å². The molecule has 7 nitrogen and oxygen atoms in total. The molecule has 1 saturated heterocycles. The van der Waals surface area contributed by atoms with Crippen molar-refractivity contribution in [3.8, 4) is 0 Å². The summed E-state index contributed by atoms with van der Waals surface area (Å²) in [6.07, 6.45) is 8.36. The molecule has 2 fully saturated rings. The van der Waals surface area contributed by atoms with Gasteiger partial charge in [-0.15, -0.1) is 34.2 Å². The fraction of sp³-hybridized carbons (Fsp3) is 0.857. The fourth-order valence-corrected chi connectivity index (χ4v) is 5.24. The Morgan fingerprint density at radius 2 is 2.14 bits per heavy atom. The topological polar surface area (TPSA) is 76.4 Å². The maximum absolute atomic E-state index is 5.92. The Bertz CT molecular complexity index is 703. The summed E-state index contributed by atoms with van der Waals surface area (Å²) in [6, 6.07) is 0.435. The number of hydrogen-bond donors (Lipinski definition) is 2. The first-order chi connectivity index (χ1) is 13.6. The summed E-state index contributed by atoms with van der Waals surface area (Å²) in [5.41, 5.74) is 0.163. The van der Waals surface area contributed by atoms with Crippen LogP contribution in [0.1, 0.15) is 64.5 Å². The molecule has 29 heavy (non-hydrogen) atoms. The molecule has 3 aliphatic rings. The SMILES string of the molecule is CCNC(=NCCCc1nnc2n1CCCCC2)NC1C2CCOC2C1(C)C.I. The first-order valence-electron chi connectivity index (χ1n) is 11.2. The molecule has 2 aliphatic heterocycles. The van der Waals surface area contributed by atoms with E-state index in [1.807, 2.05) is 0 Å². The first kappa shape index (κ1) is 22.8. The number of ether oxygens (including phenoxy) is 1. The maximum Gasteiger partial charge on any atom is 0.191 e. The van der Waals surface area contributed by atoms with Gasteiger partial charge in [-0.2, -0.15) is 0 Å². The van der Waals surface area contributed by atoms with Gasteiger partial charge in [0, 0.05) is 56.5 Å². The van der Waals surface area contributed by atoms with Gasteiger partial charge in [0.2, 0.25) is 0 Å². The Labute approximate surface area is 191 Å². The molecule has 0 amide bonds. The average Bonchev–Trinajstić information content (AvgIpc) is 3.22. The predicted molar refractivity (Wildman–Crippen MR) is 126 cm³/mol. The second-order valence-corrected chi connectivity index (χ2v) is 9.05. The molecular weight excluding hydrogens is 479 g/mol. The van der Waals surface area contributed by atoms with Gasteiger partial charge >= 0.3 is 0 Å². The summed E-state index contributed by atoms with van der Waals surface area (Å²) < 4.78 is 8.26. The van der Waals surface area contributed by atoms with Crippen molar-refractivity contribution in [3.05, 3.63) is 11.6 Å². The second kappa shape index (κ2) is 9.94. The molecule has 0 spiro atoms. The van der Waals surface area contributed by atoms with Crippen molar-refractivity contribution in [1.82, 2.24) is 25.4 Å². The lowest BCUT2D eigenvalue weighted by Crippen LogP contribution is -2.67. The van der Waals surface area contributed by atoms with E-state index in [1.165, 1.54) is 25.1 Å². The van der Waals surface area contributed by atoms with Crippen LogP contribution in [0.5, 0.6) is 0 Å². The van der Waals surface area contributed by atoms with Crippen LogP contribution in [0.4, 0.5) is 0 Å². The van der Waals surface area contributed by atoms with Gasteiger partial charge < -0.3 is 19.9 Å². The lowest BCUT2D eigenvalue weighted by molar-refractivity contribution is -0.106. The molecule has 3 atom stereocenters. The summed E-state index contributed by atoms with van der Waals surface area (Å²) in [6.45, 7) is 10.4. The van der Waals surface area contributed by atoms with Crippen LogP contribution in [0.2, 0.25) is 0 Å². The third kappa shape index (κ3) is 4.73. The molecule has 1 aliphatic carbocycles. The molecule has 2 N–H and O–H groups in total. The zero-order chi connectivity index (χ0) is 19.6. The van der Waals surface area contributed by atoms with Crippen molar-refractivity contribution < 1.29 is 4.74 Å².